The van der Waals surface area contributed by atoms with E-state index in [0.29, 0.717) is 5.56 Å². The molecule has 2 aromatic carbocycles. The molecular weight excluding hydrogens is 535 g/mol. The fourth-order valence-corrected chi connectivity index (χ4v) is 4.67. The summed E-state index contributed by atoms with van der Waals surface area (Å²) in [5.41, 5.74) is 0.839. The van der Waals surface area contributed by atoms with Gasteiger partial charge in [0.15, 0.2) is 0 Å². The van der Waals surface area contributed by atoms with Crippen molar-refractivity contribution < 1.29 is 31.9 Å². The Balaban J connectivity index is 1.75. The van der Waals surface area contributed by atoms with E-state index in [4.69, 9.17) is 34.8 Å². The van der Waals surface area contributed by atoms with E-state index in [-0.39, 0.29) is 36.0 Å². The number of aryl methyl sites for hydroxylation is 1. The highest BCUT2D eigenvalue weighted by atomic mass is 35.5. The lowest BCUT2D eigenvalue weighted by molar-refractivity contribution is -0.149. The molecule has 0 saturated carbocycles. The van der Waals surface area contributed by atoms with Crippen LogP contribution in [-0.4, -0.2) is 52.6 Å². The molecule has 1 heterocycles. The number of carbonyl (C=O) groups is 3. The zero-order chi connectivity index (χ0) is 26.1. The third-order valence-corrected chi connectivity index (χ3v) is 5.75. The number of hydrogen-bond donors (Lipinski definition) is 0. The molecular formula is C23H19Cl3F4N2O3. The number of halogens is 7. The van der Waals surface area contributed by atoms with Gasteiger partial charge in [-0.1, -0.05) is 40.9 Å². The number of hydrogen-bond acceptors (Lipinski definition) is 3. The first-order chi connectivity index (χ1) is 16.1. The van der Waals surface area contributed by atoms with Gasteiger partial charge in [0.2, 0.25) is 11.8 Å². The van der Waals surface area contributed by atoms with Crippen LogP contribution in [-0.2, 0) is 22.4 Å². The highest BCUT2D eigenvalue weighted by Gasteiger charge is 2.46. The minimum atomic E-state index is -3.65. The van der Waals surface area contributed by atoms with Gasteiger partial charge in [-0.25, -0.2) is 22.4 Å². The minimum absolute atomic E-state index is 0.0423. The summed E-state index contributed by atoms with van der Waals surface area (Å²) < 4.78 is 59.0. The third-order valence-electron chi connectivity index (χ3n) is 5.10. The van der Waals surface area contributed by atoms with Gasteiger partial charge in [-0.3, -0.25) is 19.4 Å². The lowest BCUT2D eigenvalue weighted by Crippen LogP contribution is -2.60. The van der Waals surface area contributed by atoms with Crippen molar-refractivity contribution in [1.29, 1.82) is 0 Å². The number of benzene rings is 2. The Hall–Kier alpha value is -2.36. The first-order valence-corrected chi connectivity index (χ1v) is 11.4. The molecule has 0 unspecified atom stereocenters. The van der Waals surface area contributed by atoms with Crippen molar-refractivity contribution in [2.24, 2.45) is 0 Å². The highest BCUT2D eigenvalue weighted by Crippen LogP contribution is 2.30. The van der Waals surface area contributed by atoms with E-state index in [9.17, 15) is 31.9 Å². The molecule has 0 radical (unpaired) electrons. The molecule has 0 spiro atoms. The molecule has 188 valence electrons. The topological polar surface area (TPSA) is 57.7 Å². The SMILES string of the molecule is Cc1cc(Cl)cc(CC(F)(F)CN2C(=O)CC(=O)N(CC(F)(F)Cc3cc(Cl)cc(Cl)c3)C2=O)c1. The van der Waals surface area contributed by atoms with Crippen LogP contribution in [0.25, 0.3) is 0 Å². The van der Waals surface area contributed by atoms with E-state index in [0.717, 1.165) is 0 Å². The highest BCUT2D eigenvalue weighted by molar-refractivity contribution is 6.34. The van der Waals surface area contributed by atoms with E-state index < -0.39 is 62.0 Å². The van der Waals surface area contributed by atoms with Gasteiger partial charge in [0.05, 0.1) is 13.1 Å². The lowest BCUT2D eigenvalue weighted by Gasteiger charge is -2.36. The Labute approximate surface area is 213 Å². The van der Waals surface area contributed by atoms with Crippen LogP contribution in [0.5, 0.6) is 0 Å². The number of carbonyl (C=O) groups excluding carboxylic acids is 3. The van der Waals surface area contributed by atoms with Crippen LogP contribution >= 0.6 is 34.8 Å². The molecule has 0 aliphatic carbocycles. The molecule has 5 nitrogen and oxygen atoms in total. The van der Waals surface area contributed by atoms with E-state index in [1.54, 1.807) is 13.0 Å². The number of alkyl halides is 4. The predicted octanol–water partition coefficient (Wildman–Crippen LogP) is 6.19. The summed E-state index contributed by atoms with van der Waals surface area (Å²) in [6.07, 6.45) is -2.77. The molecule has 0 aromatic heterocycles. The zero-order valence-corrected chi connectivity index (χ0v) is 20.5. The Bertz CT molecular complexity index is 1050. The summed E-state index contributed by atoms with van der Waals surface area (Å²) >= 11 is 17.5. The second kappa shape index (κ2) is 10.3. The van der Waals surface area contributed by atoms with Crippen LogP contribution < -0.4 is 0 Å². The number of imide groups is 2. The van der Waals surface area contributed by atoms with Gasteiger partial charge in [0.25, 0.3) is 11.8 Å². The molecule has 0 bridgehead atoms. The summed E-state index contributed by atoms with van der Waals surface area (Å²) in [4.78, 5) is 37.4. The quantitative estimate of drug-likeness (QED) is 0.289. The Kier molecular flexibility index (Phi) is 8.03. The van der Waals surface area contributed by atoms with E-state index in [1.165, 1.54) is 30.3 Å². The molecule has 1 aliphatic rings. The average molecular weight is 554 g/mol. The van der Waals surface area contributed by atoms with Gasteiger partial charge < -0.3 is 0 Å². The van der Waals surface area contributed by atoms with Gasteiger partial charge >= 0.3 is 6.03 Å². The molecule has 0 N–H and O–H groups in total. The van der Waals surface area contributed by atoms with Gasteiger partial charge in [-0.15, -0.1) is 0 Å². The molecule has 4 amide bonds. The number of barbiturate groups is 1. The smallest absolute Gasteiger partial charge is 0.274 e. The molecule has 1 fully saturated rings. The first kappa shape index (κ1) is 27.2. The monoisotopic (exact) mass is 552 g/mol. The number of urea groups is 1. The van der Waals surface area contributed by atoms with Crippen molar-refractivity contribution in [1.82, 2.24) is 9.80 Å². The minimum Gasteiger partial charge on any atom is -0.274 e. The summed E-state index contributed by atoms with van der Waals surface area (Å²) in [5.74, 6) is -9.64. The number of nitrogens with zero attached hydrogens (tertiary/aromatic N) is 2. The van der Waals surface area contributed by atoms with Gasteiger partial charge in [0, 0.05) is 27.9 Å². The maximum Gasteiger partial charge on any atom is 0.333 e. The Morgan fingerprint density at radius 3 is 1.54 bits per heavy atom. The van der Waals surface area contributed by atoms with Gasteiger partial charge in [0.1, 0.15) is 6.42 Å². The molecule has 1 aliphatic heterocycles. The van der Waals surface area contributed by atoms with Crippen LogP contribution in [0, 0.1) is 6.92 Å². The molecule has 3 rings (SSSR count). The van der Waals surface area contributed by atoms with Crippen molar-refractivity contribution >= 4 is 52.6 Å². The van der Waals surface area contributed by atoms with Gasteiger partial charge in [-0.05, 0) is 53.9 Å². The summed E-state index contributed by atoms with van der Waals surface area (Å²) in [6, 6.07) is 6.67. The molecule has 0 atom stereocenters. The van der Waals surface area contributed by atoms with E-state index in [1.807, 2.05) is 0 Å². The molecule has 1 saturated heterocycles. The fourth-order valence-electron chi connectivity index (χ4n) is 3.79. The summed E-state index contributed by atoms with van der Waals surface area (Å²) in [6.45, 7) is -1.13. The van der Waals surface area contributed by atoms with Gasteiger partial charge in [-0.2, -0.15) is 0 Å². The second-order valence-corrected chi connectivity index (χ2v) is 9.71. The maximum absolute atomic E-state index is 14.8. The average Bonchev–Trinajstić information content (AvgIpc) is 2.66. The fraction of sp³-hybridized carbons (Fsp3) is 0.348. The Morgan fingerprint density at radius 2 is 1.11 bits per heavy atom. The van der Waals surface area contributed by atoms with Crippen LogP contribution in [0.15, 0.2) is 36.4 Å². The zero-order valence-electron chi connectivity index (χ0n) is 18.3. The standard InChI is InChI=1S/C23H19Cl3F4N2O3/c1-13-2-14(4-16(24)3-13)9-22(27,28)11-31-19(33)8-20(34)32(21(31)35)12-23(29,30)10-15-5-17(25)7-18(26)6-15/h2-7H,8-12H2,1H3. The van der Waals surface area contributed by atoms with Crippen molar-refractivity contribution in [3.63, 3.8) is 0 Å². The van der Waals surface area contributed by atoms with Crippen LogP contribution in [0.3, 0.4) is 0 Å². The van der Waals surface area contributed by atoms with Crippen molar-refractivity contribution in [3.05, 3.63) is 68.2 Å². The third kappa shape index (κ3) is 7.32. The Morgan fingerprint density at radius 1 is 0.714 bits per heavy atom. The summed E-state index contributed by atoms with van der Waals surface area (Å²) in [7, 11) is 0. The lowest BCUT2D eigenvalue weighted by atomic mass is 10.0. The van der Waals surface area contributed by atoms with Crippen molar-refractivity contribution in [2.45, 2.75) is 38.0 Å². The number of rotatable bonds is 8. The second-order valence-electron chi connectivity index (χ2n) is 8.40. The maximum atomic E-state index is 14.8. The van der Waals surface area contributed by atoms with E-state index in [2.05, 4.69) is 0 Å². The molecule has 2 aromatic rings. The first-order valence-electron chi connectivity index (χ1n) is 10.3. The molecule has 12 heteroatoms. The van der Waals surface area contributed by atoms with E-state index >= 15 is 0 Å². The van der Waals surface area contributed by atoms with Crippen LogP contribution in [0.2, 0.25) is 15.1 Å². The van der Waals surface area contributed by atoms with Crippen molar-refractivity contribution in [2.75, 3.05) is 13.1 Å². The molecule has 35 heavy (non-hydrogen) atoms. The summed E-state index contributed by atoms with van der Waals surface area (Å²) in [5, 5.41) is 0.463. The number of amides is 4. The van der Waals surface area contributed by atoms with Crippen LogP contribution in [0.1, 0.15) is 23.1 Å². The predicted molar refractivity (Wildman–Crippen MR) is 123 cm³/mol. The van der Waals surface area contributed by atoms with Crippen LogP contribution in [0.4, 0.5) is 22.4 Å². The normalized spacial score (nSPS) is 15.3. The van der Waals surface area contributed by atoms with Crippen molar-refractivity contribution in [3.8, 4) is 0 Å². The largest absolute Gasteiger partial charge is 0.333 e.